The van der Waals surface area contributed by atoms with Gasteiger partial charge in [-0.3, -0.25) is 4.79 Å². The largest absolute Gasteiger partial charge is 0.394 e. The Labute approximate surface area is 115 Å². The lowest BCUT2D eigenvalue weighted by Gasteiger charge is -2.28. The molecule has 1 atom stereocenters. The van der Waals surface area contributed by atoms with Crippen LogP contribution in [0.1, 0.15) is 18.4 Å². The fourth-order valence-corrected chi connectivity index (χ4v) is 2.42. The molecule has 2 rings (SSSR count). The number of carbonyl (C=O) groups excluding carboxylic acids is 1. The van der Waals surface area contributed by atoms with Crippen LogP contribution in [0.4, 0.5) is 18.9 Å². The number of benzene rings is 1. The van der Waals surface area contributed by atoms with E-state index in [4.69, 9.17) is 5.73 Å². The number of hydrogen-bond donors (Lipinski definition) is 1. The highest BCUT2D eigenvalue weighted by molar-refractivity contribution is 5.94. The smallest absolute Gasteiger partial charge is 0.330 e. The lowest BCUT2D eigenvalue weighted by Crippen LogP contribution is -2.43. The fraction of sp³-hybridized carbons (Fsp3) is 0.500. The molecule has 0 spiro atoms. The molecule has 20 heavy (non-hydrogen) atoms. The van der Waals surface area contributed by atoms with Crippen LogP contribution in [0.15, 0.2) is 24.3 Å². The Morgan fingerprint density at radius 3 is 2.60 bits per heavy atom. The van der Waals surface area contributed by atoms with E-state index in [0.29, 0.717) is 18.5 Å². The fourth-order valence-electron chi connectivity index (χ4n) is 2.42. The van der Waals surface area contributed by atoms with Crippen molar-refractivity contribution in [1.29, 1.82) is 0 Å². The van der Waals surface area contributed by atoms with Gasteiger partial charge in [0.15, 0.2) is 0 Å². The van der Waals surface area contributed by atoms with Crippen LogP contribution in [0, 0.1) is 5.92 Å². The Morgan fingerprint density at radius 1 is 1.25 bits per heavy atom. The first-order valence-electron chi connectivity index (χ1n) is 6.58. The van der Waals surface area contributed by atoms with Gasteiger partial charge in [-0.15, -0.1) is 0 Å². The third-order valence-electron chi connectivity index (χ3n) is 3.57. The van der Waals surface area contributed by atoms with Crippen molar-refractivity contribution < 1.29 is 18.0 Å². The number of aryl methyl sites for hydroxylation is 1. The van der Waals surface area contributed by atoms with E-state index in [9.17, 15) is 18.0 Å². The molecule has 6 heteroatoms. The van der Waals surface area contributed by atoms with Crippen molar-refractivity contribution in [2.75, 3.05) is 18.0 Å². The monoisotopic (exact) mass is 286 g/mol. The van der Waals surface area contributed by atoms with Crippen molar-refractivity contribution >= 4 is 11.6 Å². The highest BCUT2D eigenvalue weighted by Crippen LogP contribution is 2.31. The molecule has 1 heterocycles. The number of fused-ring (bicyclic) bond motifs is 1. The molecule has 1 aromatic carbocycles. The minimum absolute atomic E-state index is 0.266. The van der Waals surface area contributed by atoms with Crippen LogP contribution < -0.4 is 10.6 Å². The van der Waals surface area contributed by atoms with Crippen LogP contribution in [0.2, 0.25) is 0 Å². The number of rotatable bonds is 3. The summed E-state index contributed by atoms with van der Waals surface area (Å²) in [4.78, 5) is 13.3. The maximum absolute atomic E-state index is 12.9. The molecule has 0 saturated carbocycles. The second-order valence-electron chi connectivity index (χ2n) is 4.96. The average molecular weight is 286 g/mol. The van der Waals surface area contributed by atoms with Gasteiger partial charge in [0.25, 0.3) is 0 Å². The molecular formula is C14H17F3N2O. The molecule has 1 aromatic rings. The van der Waals surface area contributed by atoms with Crippen molar-refractivity contribution in [3.05, 3.63) is 29.8 Å². The van der Waals surface area contributed by atoms with Gasteiger partial charge in [-0.1, -0.05) is 18.2 Å². The zero-order valence-electron chi connectivity index (χ0n) is 11.0. The zero-order valence-corrected chi connectivity index (χ0v) is 11.0. The number of nitrogens with two attached hydrogens (primary N) is 1. The molecule has 3 nitrogen and oxygen atoms in total. The summed E-state index contributed by atoms with van der Waals surface area (Å²) in [6.07, 6.45) is -2.76. The van der Waals surface area contributed by atoms with Gasteiger partial charge in [-0.05, 0) is 24.5 Å². The Balaban J connectivity index is 2.31. The van der Waals surface area contributed by atoms with Crippen molar-refractivity contribution in [2.24, 2.45) is 11.7 Å². The van der Waals surface area contributed by atoms with Gasteiger partial charge < -0.3 is 10.6 Å². The summed E-state index contributed by atoms with van der Waals surface area (Å²) in [5, 5.41) is 0. The Morgan fingerprint density at radius 2 is 1.95 bits per heavy atom. The molecular weight excluding hydrogens is 269 g/mol. The van der Waals surface area contributed by atoms with Crippen molar-refractivity contribution in [1.82, 2.24) is 0 Å². The highest BCUT2D eigenvalue weighted by atomic mass is 19.4. The van der Waals surface area contributed by atoms with E-state index in [1.54, 1.807) is 12.1 Å². The number of para-hydroxylation sites is 1. The number of halogens is 3. The summed E-state index contributed by atoms with van der Waals surface area (Å²) in [6, 6.07) is 7.11. The first-order chi connectivity index (χ1) is 9.43. The van der Waals surface area contributed by atoms with Crippen molar-refractivity contribution in [3.8, 4) is 0 Å². The second kappa shape index (κ2) is 5.83. The summed E-state index contributed by atoms with van der Waals surface area (Å²) in [5.74, 6) is -1.96. The van der Waals surface area contributed by atoms with Crippen LogP contribution in [-0.4, -0.2) is 25.2 Å². The first-order valence-corrected chi connectivity index (χ1v) is 6.58. The maximum atomic E-state index is 12.9. The van der Waals surface area contributed by atoms with E-state index in [0.717, 1.165) is 5.56 Å². The van der Waals surface area contributed by atoms with Gasteiger partial charge in [0.2, 0.25) is 5.91 Å². The molecule has 0 radical (unpaired) electrons. The lowest BCUT2D eigenvalue weighted by molar-refractivity contribution is -0.169. The second-order valence-corrected chi connectivity index (χ2v) is 4.96. The van der Waals surface area contributed by atoms with Gasteiger partial charge in [-0.25, -0.2) is 0 Å². The molecule has 0 aromatic heterocycles. The number of hydrogen-bond acceptors (Lipinski definition) is 2. The molecule has 110 valence electrons. The van der Waals surface area contributed by atoms with E-state index < -0.39 is 25.2 Å². The molecule has 1 amide bonds. The number of amides is 1. The standard InChI is InChI=1S/C14H17F3N2O/c15-14(16,17)11(8-18)9-19-12-6-2-1-4-10(12)5-3-7-13(19)20/h1-2,4,6,11H,3,5,7-9,18H2. The average Bonchev–Trinajstić information content (AvgIpc) is 2.54. The first kappa shape index (κ1) is 14.8. The van der Waals surface area contributed by atoms with Gasteiger partial charge in [0.1, 0.15) is 0 Å². The summed E-state index contributed by atoms with van der Waals surface area (Å²) in [7, 11) is 0. The number of carbonyl (C=O) groups is 1. The number of alkyl halides is 3. The van der Waals surface area contributed by atoms with Crippen LogP contribution in [-0.2, 0) is 11.2 Å². The predicted molar refractivity (Wildman–Crippen MR) is 70.3 cm³/mol. The van der Waals surface area contributed by atoms with Gasteiger partial charge >= 0.3 is 6.18 Å². The van der Waals surface area contributed by atoms with E-state index in [1.165, 1.54) is 4.90 Å². The van der Waals surface area contributed by atoms with Gasteiger partial charge in [0, 0.05) is 25.2 Å². The SMILES string of the molecule is NCC(CN1C(=O)CCCc2ccccc21)C(F)(F)F. The molecule has 0 saturated heterocycles. The zero-order chi connectivity index (χ0) is 14.8. The van der Waals surface area contributed by atoms with Crippen molar-refractivity contribution in [3.63, 3.8) is 0 Å². The van der Waals surface area contributed by atoms with Gasteiger partial charge in [-0.2, -0.15) is 13.2 Å². The minimum atomic E-state index is -4.39. The number of anilines is 1. The third kappa shape index (κ3) is 3.12. The predicted octanol–water partition coefficient (Wildman–Crippen LogP) is 2.49. The van der Waals surface area contributed by atoms with E-state index in [2.05, 4.69) is 0 Å². The molecule has 1 aliphatic rings. The van der Waals surface area contributed by atoms with Crippen LogP contribution in [0.5, 0.6) is 0 Å². The van der Waals surface area contributed by atoms with Crippen LogP contribution >= 0.6 is 0 Å². The highest BCUT2D eigenvalue weighted by Gasteiger charge is 2.41. The summed E-state index contributed by atoms with van der Waals surface area (Å²) >= 11 is 0. The van der Waals surface area contributed by atoms with Crippen LogP contribution in [0.3, 0.4) is 0 Å². The maximum Gasteiger partial charge on any atom is 0.394 e. The Bertz CT molecular complexity index is 488. The molecule has 0 aliphatic carbocycles. The number of nitrogens with zero attached hydrogens (tertiary/aromatic N) is 1. The molecule has 2 N–H and O–H groups in total. The third-order valence-corrected chi connectivity index (χ3v) is 3.57. The van der Waals surface area contributed by atoms with Crippen molar-refractivity contribution in [2.45, 2.75) is 25.4 Å². The summed E-state index contributed by atoms with van der Waals surface area (Å²) in [5.41, 5.74) is 6.72. The summed E-state index contributed by atoms with van der Waals surface area (Å²) in [6.45, 7) is -0.925. The van der Waals surface area contributed by atoms with Crippen LogP contribution in [0.25, 0.3) is 0 Å². The van der Waals surface area contributed by atoms with E-state index in [1.807, 2.05) is 12.1 Å². The quantitative estimate of drug-likeness (QED) is 0.928. The molecule has 0 bridgehead atoms. The Hall–Kier alpha value is -1.56. The molecule has 1 aliphatic heterocycles. The Kier molecular flexibility index (Phi) is 4.32. The lowest BCUT2D eigenvalue weighted by atomic mass is 10.1. The topological polar surface area (TPSA) is 46.3 Å². The summed E-state index contributed by atoms with van der Waals surface area (Å²) < 4.78 is 38.6. The van der Waals surface area contributed by atoms with E-state index in [-0.39, 0.29) is 12.3 Å². The van der Waals surface area contributed by atoms with E-state index >= 15 is 0 Å². The van der Waals surface area contributed by atoms with Gasteiger partial charge in [0.05, 0.1) is 5.92 Å². The normalized spacial score (nSPS) is 17.6. The molecule has 1 unspecified atom stereocenters. The molecule has 0 fully saturated rings. The minimum Gasteiger partial charge on any atom is -0.330 e.